The van der Waals surface area contributed by atoms with E-state index >= 15 is 0 Å². The Kier molecular flexibility index (Phi) is 7.20. The van der Waals surface area contributed by atoms with Gasteiger partial charge in [0.1, 0.15) is 5.60 Å². The van der Waals surface area contributed by atoms with E-state index in [0.29, 0.717) is 63.6 Å². The molecule has 202 valence electrons. The molecular formula is C28H40N4O5. The SMILES string of the molecule is CC(C)(C)OC(=O)N1C[C@@H](NC(=O)c2nn(C3CCC3)c3ccccc23)CC[C@H]1CC1(O)CCOCC1. The first-order valence-electron chi connectivity index (χ1n) is 13.7. The zero-order valence-electron chi connectivity index (χ0n) is 22.2. The van der Waals surface area contributed by atoms with Gasteiger partial charge in [-0.15, -0.1) is 0 Å². The highest BCUT2D eigenvalue weighted by Gasteiger charge is 2.41. The van der Waals surface area contributed by atoms with Crippen molar-refractivity contribution < 1.29 is 24.2 Å². The van der Waals surface area contributed by atoms with Crippen LogP contribution in [0.15, 0.2) is 24.3 Å². The lowest BCUT2D eigenvalue weighted by molar-refractivity contribution is -0.0848. The van der Waals surface area contributed by atoms with Crippen molar-refractivity contribution in [2.75, 3.05) is 19.8 Å². The molecule has 2 saturated heterocycles. The van der Waals surface area contributed by atoms with Gasteiger partial charge in [-0.25, -0.2) is 4.79 Å². The topological polar surface area (TPSA) is 106 Å². The fourth-order valence-corrected chi connectivity index (χ4v) is 5.72. The van der Waals surface area contributed by atoms with Gasteiger partial charge in [0, 0.05) is 37.2 Å². The van der Waals surface area contributed by atoms with Crippen LogP contribution < -0.4 is 5.32 Å². The maximum absolute atomic E-state index is 13.4. The Morgan fingerprint density at radius 1 is 1.16 bits per heavy atom. The van der Waals surface area contributed by atoms with Crippen molar-refractivity contribution in [2.24, 2.45) is 0 Å². The van der Waals surface area contributed by atoms with Crippen molar-refractivity contribution in [3.8, 4) is 0 Å². The molecule has 9 heteroatoms. The van der Waals surface area contributed by atoms with E-state index in [0.717, 1.165) is 23.7 Å². The summed E-state index contributed by atoms with van der Waals surface area (Å²) in [5.74, 6) is -0.218. The van der Waals surface area contributed by atoms with Crippen molar-refractivity contribution >= 4 is 22.9 Å². The number of fused-ring (bicyclic) bond motifs is 1. The molecule has 2 aliphatic heterocycles. The summed E-state index contributed by atoms with van der Waals surface area (Å²) in [7, 11) is 0. The van der Waals surface area contributed by atoms with Gasteiger partial charge in [0.2, 0.25) is 0 Å². The number of para-hydroxylation sites is 1. The number of likely N-dealkylation sites (tertiary alicyclic amines) is 1. The average molecular weight is 513 g/mol. The summed E-state index contributed by atoms with van der Waals surface area (Å²) >= 11 is 0. The van der Waals surface area contributed by atoms with Crippen molar-refractivity contribution in [3.63, 3.8) is 0 Å². The van der Waals surface area contributed by atoms with Crippen LogP contribution in [0.4, 0.5) is 4.79 Å². The van der Waals surface area contributed by atoms with Crippen molar-refractivity contribution in [1.29, 1.82) is 0 Å². The molecule has 3 aliphatic rings. The average Bonchev–Trinajstić information content (AvgIpc) is 3.17. The van der Waals surface area contributed by atoms with E-state index in [1.54, 1.807) is 4.90 Å². The number of nitrogens with one attached hydrogen (secondary N) is 1. The van der Waals surface area contributed by atoms with Crippen LogP contribution in [0.5, 0.6) is 0 Å². The molecular weight excluding hydrogens is 472 g/mol. The molecule has 3 heterocycles. The van der Waals surface area contributed by atoms with E-state index in [2.05, 4.69) is 5.32 Å². The number of aliphatic hydroxyl groups is 1. The smallest absolute Gasteiger partial charge is 0.410 e. The second-order valence-corrected chi connectivity index (χ2v) is 12.0. The molecule has 1 aliphatic carbocycles. The number of rotatable bonds is 5. The van der Waals surface area contributed by atoms with Crippen molar-refractivity contribution in [1.82, 2.24) is 20.0 Å². The summed E-state index contributed by atoms with van der Waals surface area (Å²) < 4.78 is 13.2. The Morgan fingerprint density at radius 3 is 2.57 bits per heavy atom. The largest absolute Gasteiger partial charge is 0.444 e. The summed E-state index contributed by atoms with van der Waals surface area (Å²) in [6.45, 7) is 6.92. The number of hydrogen-bond acceptors (Lipinski definition) is 6. The first-order chi connectivity index (χ1) is 17.6. The Bertz CT molecular complexity index is 1130. The fraction of sp³-hybridized carbons (Fsp3) is 0.679. The molecule has 1 aromatic carbocycles. The molecule has 1 aromatic heterocycles. The van der Waals surface area contributed by atoms with Crippen LogP contribution in [0.3, 0.4) is 0 Å². The quantitative estimate of drug-likeness (QED) is 0.622. The summed E-state index contributed by atoms with van der Waals surface area (Å²) in [5.41, 5.74) is -0.0705. The molecule has 37 heavy (non-hydrogen) atoms. The van der Waals surface area contributed by atoms with Gasteiger partial charge in [-0.2, -0.15) is 5.10 Å². The Labute approximate surface area is 218 Å². The minimum atomic E-state index is -0.855. The van der Waals surface area contributed by atoms with Crippen LogP contribution in [-0.2, 0) is 9.47 Å². The van der Waals surface area contributed by atoms with Crippen molar-refractivity contribution in [2.45, 2.75) is 101 Å². The van der Waals surface area contributed by atoms with E-state index in [-0.39, 0.29) is 18.0 Å². The van der Waals surface area contributed by atoms with Gasteiger partial charge in [0.25, 0.3) is 5.91 Å². The third-order valence-corrected chi connectivity index (χ3v) is 7.96. The number of nitrogens with zero attached hydrogens (tertiary/aromatic N) is 3. The van der Waals surface area contributed by atoms with Gasteiger partial charge in [-0.3, -0.25) is 9.48 Å². The summed E-state index contributed by atoms with van der Waals surface area (Å²) in [5, 5.41) is 19.9. The molecule has 0 spiro atoms. The second-order valence-electron chi connectivity index (χ2n) is 12.0. The third kappa shape index (κ3) is 5.77. The molecule has 9 nitrogen and oxygen atoms in total. The Morgan fingerprint density at radius 2 is 1.89 bits per heavy atom. The van der Waals surface area contributed by atoms with Crippen LogP contribution in [0, 0.1) is 0 Å². The molecule has 1 saturated carbocycles. The molecule has 0 radical (unpaired) electrons. The molecule has 0 unspecified atom stereocenters. The van der Waals surface area contributed by atoms with E-state index in [1.165, 1.54) is 6.42 Å². The van der Waals surface area contributed by atoms with Crippen LogP contribution >= 0.6 is 0 Å². The number of ether oxygens (including phenoxy) is 2. The second kappa shape index (κ2) is 10.3. The number of carbonyl (C=O) groups excluding carboxylic acids is 2. The summed E-state index contributed by atoms with van der Waals surface area (Å²) in [6, 6.07) is 7.84. The van der Waals surface area contributed by atoms with E-state index in [9.17, 15) is 14.7 Å². The number of aromatic nitrogens is 2. The fourth-order valence-electron chi connectivity index (χ4n) is 5.72. The molecule has 0 bridgehead atoms. The van der Waals surface area contributed by atoms with E-state index in [4.69, 9.17) is 14.6 Å². The van der Waals surface area contributed by atoms with Gasteiger partial charge in [0.05, 0.1) is 17.2 Å². The standard InChI is InChI=1S/C28H40N4O5/c1-27(2,3)37-26(34)31-18-19(11-12-21(31)17-28(35)13-15-36-16-14-28)29-25(33)24-22-9-4-5-10-23(22)32(30-24)20-7-6-8-20/h4-5,9-10,19-21,35H,6-8,11-18H2,1-3H3,(H,29,33)/t19-,21-/m0/s1. The monoisotopic (exact) mass is 512 g/mol. The number of carbonyl (C=O) groups is 2. The van der Waals surface area contributed by atoms with Gasteiger partial charge in [-0.05, 0) is 78.2 Å². The molecule has 2 atom stereocenters. The number of benzene rings is 1. The highest BCUT2D eigenvalue weighted by molar-refractivity contribution is 6.05. The van der Waals surface area contributed by atoms with E-state index in [1.807, 2.05) is 49.7 Å². The van der Waals surface area contributed by atoms with Gasteiger partial charge < -0.3 is 24.8 Å². The lowest BCUT2D eigenvalue weighted by atomic mass is 9.83. The summed E-state index contributed by atoms with van der Waals surface area (Å²) in [4.78, 5) is 28.4. The maximum Gasteiger partial charge on any atom is 0.410 e. The normalized spacial score (nSPS) is 24.5. The number of piperidine rings is 1. The lowest BCUT2D eigenvalue weighted by Gasteiger charge is -2.44. The molecule has 2 aromatic rings. The van der Waals surface area contributed by atoms with Gasteiger partial charge >= 0.3 is 6.09 Å². The predicted octanol–water partition coefficient (Wildman–Crippen LogP) is 4.19. The zero-order chi connectivity index (χ0) is 26.2. The van der Waals surface area contributed by atoms with Crippen LogP contribution in [0.1, 0.15) is 88.7 Å². The number of hydrogen-bond donors (Lipinski definition) is 2. The minimum Gasteiger partial charge on any atom is -0.444 e. The maximum atomic E-state index is 13.4. The van der Waals surface area contributed by atoms with Crippen LogP contribution in [-0.4, -0.2) is 74.8 Å². The molecule has 3 fully saturated rings. The highest BCUT2D eigenvalue weighted by Crippen LogP contribution is 2.35. The molecule has 5 rings (SSSR count). The highest BCUT2D eigenvalue weighted by atomic mass is 16.6. The third-order valence-electron chi connectivity index (χ3n) is 7.96. The zero-order valence-corrected chi connectivity index (χ0v) is 22.2. The first-order valence-corrected chi connectivity index (χ1v) is 13.7. The summed E-state index contributed by atoms with van der Waals surface area (Å²) in [6.07, 6.45) is 5.92. The lowest BCUT2D eigenvalue weighted by Crippen LogP contribution is -2.57. The molecule has 2 N–H and O–H groups in total. The van der Waals surface area contributed by atoms with Crippen LogP contribution in [0.25, 0.3) is 10.9 Å². The van der Waals surface area contributed by atoms with Gasteiger partial charge in [0.15, 0.2) is 5.69 Å². The van der Waals surface area contributed by atoms with Crippen molar-refractivity contribution in [3.05, 3.63) is 30.0 Å². The Balaban J connectivity index is 1.32. The van der Waals surface area contributed by atoms with Crippen LogP contribution in [0.2, 0.25) is 0 Å². The first kappa shape index (κ1) is 26.0. The van der Waals surface area contributed by atoms with Gasteiger partial charge in [-0.1, -0.05) is 18.2 Å². The van der Waals surface area contributed by atoms with E-state index < -0.39 is 17.3 Å². The minimum absolute atomic E-state index is 0.162. The Hall–Kier alpha value is -2.65. The predicted molar refractivity (Wildman–Crippen MR) is 139 cm³/mol. The number of amides is 2. The molecule has 2 amide bonds.